The van der Waals surface area contributed by atoms with Crippen molar-refractivity contribution in [1.29, 1.82) is 0 Å². The van der Waals surface area contributed by atoms with E-state index in [4.69, 9.17) is 13.9 Å². The van der Waals surface area contributed by atoms with Crippen molar-refractivity contribution >= 4 is 16.9 Å². The van der Waals surface area contributed by atoms with Gasteiger partial charge in [0.05, 0.1) is 13.7 Å². The Hall–Kier alpha value is -2.56. The molecular formula is C25H32O5. The fourth-order valence-electron chi connectivity index (χ4n) is 5.00. The Morgan fingerprint density at radius 1 is 1.23 bits per heavy atom. The van der Waals surface area contributed by atoms with E-state index >= 15 is 0 Å². The lowest BCUT2D eigenvalue weighted by Crippen LogP contribution is -2.42. The quantitative estimate of drug-likeness (QED) is 0.355. The molecule has 0 amide bonds. The van der Waals surface area contributed by atoms with Crippen LogP contribution < -0.4 is 10.4 Å². The summed E-state index contributed by atoms with van der Waals surface area (Å²) < 4.78 is 16.4. The number of esters is 1. The Morgan fingerprint density at radius 3 is 2.67 bits per heavy atom. The summed E-state index contributed by atoms with van der Waals surface area (Å²) in [5.41, 5.74) is 2.78. The van der Waals surface area contributed by atoms with Crippen molar-refractivity contribution in [3.63, 3.8) is 0 Å². The summed E-state index contributed by atoms with van der Waals surface area (Å²) in [5, 5.41) is 0.864. The number of rotatable bonds is 6. The second kappa shape index (κ2) is 9.07. The molecule has 0 N–H and O–H groups in total. The SMILES string of the molecule is COC(=O)CC[C@]1(C)C(=C(C)C)CC[C@H](C)[C@@H]1COc1ccc2ccc(=O)oc2c1. The van der Waals surface area contributed by atoms with E-state index < -0.39 is 0 Å². The first-order chi connectivity index (χ1) is 14.2. The van der Waals surface area contributed by atoms with Gasteiger partial charge in [-0.25, -0.2) is 4.79 Å². The van der Waals surface area contributed by atoms with E-state index in [1.807, 2.05) is 12.1 Å². The molecule has 1 fully saturated rings. The molecule has 0 saturated heterocycles. The van der Waals surface area contributed by atoms with Crippen LogP contribution in [0.15, 0.2) is 50.7 Å². The standard InChI is InChI=1S/C25H32O5/c1-16(2)20-10-6-17(3)21(25(20,4)13-12-23(26)28-5)15-29-19-9-7-18-8-11-24(27)30-22(18)14-19/h7-9,11,14,17,21H,6,10,12-13,15H2,1-5H3/t17-,21-,25+/m0/s1. The van der Waals surface area contributed by atoms with Crippen molar-refractivity contribution in [3.05, 3.63) is 51.9 Å². The normalized spacial score (nSPS) is 24.0. The van der Waals surface area contributed by atoms with E-state index in [1.54, 1.807) is 12.1 Å². The number of methoxy groups -OCH3 is 1. The Morgan fingerprint density at radius 2 is 1.97 bits per heavy atom. The van der Waals surface area contributed by atoms with E-state index in [9.17, 15) is 9.59 Å². The maximum absolute atomic E-state index is 11.9. The Balaban J connectivity index is 1.85. The van der Waals surface area contributed by atoms with Gasteiger partial charge in [0.15, 0.2) is 0 Å². The third kappa shape index (κ3) is 4.61. The molecule has 1 heterocycles. The van der Waals surface area contributed by atoms with Crippen molar-refractivity contribution in [2.24, 2.45) is 17.3 Å². The molecule has 0 bridgehead atoms. The molecule has 1 saturated carbocycles. The molecule has 1 aliphatic carbocycles. The van der Waals surface area contributed by atoms with Gasteiger partial charge in [-0.15, -0.1) is 0 Å². The first-order valence-corrected chi connectivity index (χ1v) is 10.6. The molecule has 30 heavy (non-hydrogen) atoms. The minimum absolute atomic E-state index is 0.131. The predicted octanol–water partition coefficient (Wildman–Crippen LogP) is 5.51. The molecule has 0 unspecified atom stereocenters. The molecule has 5 heteroatoms. The fraction of sp³-hybridized carbons (Fsp3) is 0.520. The van der Waals surface area contributed by atoms with Crippen LogP contribution in [-0.2, 0) is 9.53 Å². The van der Waals surface area contributed by atoms with Crippen LogP contribution in [0.2, 0.25) is 0 Å². The number of benzene rings is 1. The molecular weight excluding hydrogens is 380 g/mol. The summed E-state index contributed by atoms with van der Waals surface area (Å²) in [6.07, 6.45) is 3.30. The highest BCUT2D eigenvalue weighted by atomic mass is 16.5. The largest absolute Gasteiger partial charge is 0.493 e. The van der Waals surface area contributed by atoms with Crippen molar-refractivity contribution in [2.45, 2.75) is 53.4 Å². The summed E-state index contributed by atoms with van der Waals surface area (Å²) >= 11 is 0. The van der Waals surface area contributed by atoms with Gasteiger partial charge in [0.25, 0.3) is 0 Å². The van der Waals surface area contributed by atoms with Crippen molar-refractivity contribution in [2.75, 3.05) is 13.7 Å². The molecule has 0 radical (unpaired) electrons. The lowest BCUT2D eigenvalue weighted by molar-refractivity contribution is -0.141. The van der Waals surface area contributed by atoms with Crippen LogP contribution in [-0.4, -0.2) is 19.7 Å². The molecule has 162 valence electrons. The molecule has 5 nitrogen and oxygen atoms in total. The Kier molecular flexibility index (Phi) is 6.69. The number of hydrogen-bond donors (Lipinski definition) is 0. The van der Waals surface area contributed by atoms with Gasteiger partial charge in [0, 0.05) is 29.9 Å². The smallest absolute Gasteiger partial charge is 0.336 e. The lowest BCUT2D eigenvalue weighted by atomic mass is 9.58. The minimum atomic E-state index is -0.371. The first kappa shape index (κ1) is 22.1. The Bertz CT molecular complexity index is 998. The van der Waals surface area contributed by atoms with E-state index in [1.165, 1.54) is 24.3 Å². The minimum Gasteiger partial charge on any atom is -0.493 e. The number of carbonyl (C=O) groups excluding carboxylic acids is 1. The third-order valence-electron chi connectivity index (χ3n) is 6.75. The van der Waals surface area contributed by atoms with Gasteiger partial charge in [-0.3, -0.25) is 4.79 Å². The van der Waals surface area contributed by atoms with Crippen LogP contribution in [0.3, 0.4) is 0 Å². The maximum Gasteiger partial charge on any atom is 0.336 e. The van der Waals surface area contributed by atoms with E-state index in [2.05, 4.69) is 27.7 Å². The molecule has 0 spiro atoms. The second-order valence-electron chi connectivity index (χ2n) is 8.86. The number of ether oxygens (including phenoxy) is 2. The molecule has 2 aromatic rings. The first-order valence-electron chi connectivity index (χ1n) is 10.6. The monoisotopic (exact) mass is 412 g/mol. The zero-order chi connectivity index (χ0) is 21.9. The fourth-order valence-corrected chi connectivity index (χ4v) is 5.00. The van der Waals surface area contributed by atoms with Crippen molar-refractivity contribution < 1.29 is 18.7 Å². The zero-order valence-corrected chi connectivity index (χ0v) is 18.6. The highest BCUT2D eigenvalue weighted by Crippen LogP contribution is 2.52. The average Bonchev–Trinajstić information content (AvgIpc) is 2.71. The highest BCUT2D eigenvalue weighted by Gasteiger charge is 2.44. The number of allylic oxidation sites excluding steroid dienone is 2. The van der Waals surface area contributed by atoms with Crippen LogP contribution in [0.1, 0.15) is 53.4 Å². The molecule has 3 atom stereocenters. The molecule has 1 aromatic carbocycles. The Labute approximate surface area is 178 Å². The van der Waals surface area contributed by atoms with Crippen LogP contribution in [0, 0.1) is 17.3 Å². The second-order valence-corrected chi connectivity index (χ2v) is 8.86. The van der Waals surface area contributed by atoms with E-state index in [-0.39, 0.29) is 22.9 Å². The maximum atomic E-state index is 11.9. The van der Waals surface area contributed by atoms with Gasteiger partial charge in [-0.1, -0.05) is 25.0 Å². The van der Waals surface area contributed by atoms with Gasteiger partial charge in [-0.2, -0.15) is 0 Å². The van der Waals surface area contributed by atoms with Crippen LogP contribution in [0.25, 0.3) is 11.0 Å². The molecule has 0 aliphatic heterocycles. The summed E-state index contributed by atoms with van der Waals surface area (Å²) in [4.78, 5) is 23.4. The van der Waals surface area contributed by atoms with Gasteiger partial charge in [0.1, 0.15) is 11.3 Å². The third-order valence-corrected chi connectivity index (χ3v) is 6.75. The van der Waals surface area contributed by atoms with Crippen molar-refractivity contribution in [3.8, 4) is 5.75 Å². The lowest BCUT2D eigenvalue weighted by Gasteiger charge is -2.48. The summed E-state index contributed by atoms with van der Waals surface area (Å²) in [6, 6.07) is 8.75. The van der Waals surface area contributed by atoms with Crippen LogP contribution >= 0.6 is 0 Å². The number of fused-ring (bicyclic) bond motifs is 1. The van der Waals surface area contributed by atoms with E-state index in [0.717, 1.165) is 24.6 Å². The number of hydrogen-bond acceptors (Lipinski definition) is 5. The molecule has 1 aromatic heterocycles. The molecule has 3 rings (SSSR count). The van der Waals surface area contributed by atoms with Gasteiger partial charge in [0.2, 0.25) is 0 Å². The van der Waals surface area contributed by atoms with Gasteiger partial charge in [-0.05, 0) is 62.6 Å². The average molecular weight is 413 g/mol. The number of carbonyl (C=O) groups is 1. The van der Waals surface area contributed by atoms with E-state index in [0.29, 0.717) is 30.3 Å². The summed E-state index contributed by atoms with van der Waals surface area (Å²) in [7, 11) is 1.44. The summed E-state index contributed by atoms with van der Waals surface area (Å²) in [5.74, 6) is 1.24. The van der Waals surface area contributed by atoms with Crippen LogP contribution in [0.5, 0.6) is 5.75 Å². The zero-order valence-electron chi connectivity index (χ0n) is 18.6. The topological polar surface area (TPSA) is 65.7 Å². The van der Waals surface area contributed by atoms with Gasteiger partial charge >= 0.3 is 11.6 Å². The van der Waals surface area contributed by atoms with Gasteiger partial charge < -0.3 is 13.9 Å². The summed E-state index contributed by atoms with van der Waals surface area (Å²) in [6.45, 7) is 9.39. The highest BCUT2D eigenvalue weighted by molar-refractivity contribution is 5.77. The predicted molar refractivity (Wildman–Crippen MR) is 118 cm³/mol. The van der Waals surface area contributed by atoms with Crippen molar-refractivity contribution in [1.82, 2.24) is 0 Å². The molecule has 1 aliphatic rings. The van der Waals surface area contributed by atoms with Crippen LogP contribution in [0.4, 0.5) is 0 Å².